The van der Waals surface area contributed by atoms with E-state index in [0.717, 1.165) is 0 Å². The minimum Gasteiger partial charge on any atom is -0.479 e. The molecule has 0 spiro atoms. The van der Waals surface area contributed by atoms with E-state index in [0.29, 0.717) is 0 Å². The fourth-order valence-electron chi connectivity index (χ4n) is 1.09. The molecule has 0 aliphatic carbocycles. The first-order valence-electron chi connectivity index (χ1n) is 5.19. The fraction of sp³-hybridized carbons (Fsp3) is 0.667. The molecule has 4 atom stereocenters. The first kappa shape index (κ1) is 17.2. The average molecular weight is 280 g/mol. The monoisotopic (exact) mass is 280 g/mol. The number of rotatable bonds is 8. The van der Waals surface area contributed by atoms with E-state index < -0.39 is 42.2 Å². The standard InChI is InChI=1S/C9H16N2O8/c10-3(12)1-2-11-8(17)6(15)4(13)5(14)7(16)9(18)19/h4-7,13-16H,1-2H2,(H2,10,12)(H,11,17)(H,18,19)/t4-,5+,6+,7-/m1/s1. The van der Waals surface area contributed by atoms with Crippen LogP contribution in [0.25, 0.3) is 0 Å². The molecular weight excluding hydrogens is 264 g/mol. The summed E-state index contributed by atoms with van der Waals surface area (Å²) in [5, 5.41) is 47.1. The Labute approximate surface area is 107 Å². The molecule has 19 heavy (non-hydrogen) atoms. The van der Waals surface area contributed by atoms with Gasteiger partial charge in [0.15, 0.2) is 12.2 Å². The molecule has 0 saturated heterocycles. The Balaban J connectivity index is 4.38. The van der Waals surface area contributed by atoms with Gasteiger partial charge in [0.25, 0.3) is 5.91 Å². The molecule has 2 amide bonds. The van der Waals surface area contributed by atoms with Crippen LogP contribution in [-0.2, 0) is 14.4 Å². The molecule has 0 bridgehead atoms. The highest BCUT2D eigenvalue weighted by Gasteiger charge is 2.37. The van der Waals surface area contributed by atoms with Crippen molar-refractivity contribution >= 4 is 17.8 Å². The van der Waals surface area contributed by atoms with E-state index >= 15 is 0 Å². The lowest BCUT2D eigenvalue weighted by molar-refractivity contribution is -0.166. The molecule has 0 saturated carbocycles. The third-order valence-electron chi connectivity index (χ3n) is 2.19. The molecule has 0 unspecified atom stereocenters. The number of carbonyl (C=O) groups is 3. The van der Waals surface area contributed by atoms with Gasteiger partial charge in [-0.2, -0.15) is 0 Å². The Morgan fingerprint density at radius 3 is 1.89 bits per heavy atom. The van der Waals surface area contributed by atoms with Crippen molar-refractivity contribution in [1.82, 2.24) is 5.32 Å². The molecule has 0 aliphatic heterocycles. The van der Waals surface area contributed by atoms with Crippen LogP contribution in [0.5, 0.6) is 0 Å². The first-order valence-corrected chi connectivity index (χ1v) is 5.19. The highest BCUT2D eigenvalue weighted by Crippen LogP contribution is 2.05. The molecule has 0 aromatic rings. The van der Waals surface area contributed by atoms with Crippen LogP contribution in [-0.4, -0.2) is 74.3 Å². The van der Waals surface area contributed by atoms with E-state index in [2.05, 4.69) is 0 Å². The van der Waals surface area contributed by atoms with Crippen LogP contribution in [0.4, 0.5) is 0 Å². The summed E-state index contributed by atoms with van der Waals surface area (Å²) in [6.45, 7) is -0.199. The lowest BCUT2D eigenvalue weighted by Gasteiger charge is -2.23. The van der Waals surface area contributed by atoms with Crippen LogP contribution in [0.15, 0.2) is 0 Å². The number of hydrogen-bond donors (Lipinski definition) is 7. The maximum atomic E-state index is 11.2. The highest BCUT2D eigenvalue weighted by atomic mass is 16.4. The van der Waals surface area contributed by atoms with Crippen LogP contribution in [0.3, 0.4) is 0 Å². The lowest BCUT2D eigenvalue weighted by atomic mass is 10.0. The summed E-state index contributed by atoms with van der Waals surface area (Å²) in [6.07, 6.45) is -9.19. The van der Waals surface area contributed by atoms with E-state index in [4.69, 9.17) is 15.9 Å². The second-order valence-electron chi connectivity index (χ2n) is 3.72. The molecule has 0 rings (SSSR count). The zero-order chi connectivity index (χ0) is 15.2. The Morgan fingerprint density at radius 1 is 1.00 bits per heavy atom. The van der Waals surface area contributed by atoms with Gasteiger partial charge in [-0.25, -0.2) is 4.79 Å². The summed E-state index contributed by atoms with van der Waals surface area (Å²) in [5.41, 5.74) is 4.80. The molecule has 0 aromatic heterocycles. The fourth-order valence-corrected chi connectivity index (χ4v) is 1.09. The highest BCUT2D eigenvalue weighted by molar-refractivity contribution is 5.82. The van der Waals surface area contributed by atoms with E-state index in [9.17, 15) is 29.7 Å². The Kier molecular flexibility index (Phi) is 6.93. The largest absolute Gasteiger partial charge is 0.479 e. The minimum atomic E-state index is -2.36. The molecule has 0 heterocycles. The molecule has 10 heteroatoms. The van der Waals surface area contributed by atoms with Crippen molar-refractivity contribution in [3.05, 3.63) is 0 Å². The second-order valence-corrected chi connectivity index (χ2v) is 3.72. The molecule has 110 valence electrons. The number of aliphatic hydroxyl groups is 4. The number of hydrogen-bond acceptors (Lipinski definition) is 7. The number of carboxylic acids is 1. The van der Waals surface area contributed by atoms with Gasteiger partial charge in [0.2, 0.25) is 5.91 Å². The van der Waals surface area contributed by atoms with Gasteiger partial charge in [-0.15, -0.1) is 0 Å². The average Bonchev–Trinajstić information content (AvgIpc) is 2.34. The summed E-state index contributed by atoms with van der Waals surface area (Å²) >= 11 is 0. The predicted molar refractivity (Wildman–Crippen MR) is 58.5 cm³/mol. The van der Waals surface area contributed by atoms with Crippen molar-refractivity contribution in [1.29, 1.82) is 0 Å². The van der Waals surface area contributed by atoms with Gasteiger partial charge < -0.3 is 36.6 Å². The van der Waals surface area contributed by atoms with E-state index in [1.165, 1.54) is 0 Å². The van der Waals surface area contributed by atoms with Gasteiger partial charge in [-0.05, 0) is 0 Å². The molecule has 10 nitrogen and oxygen atoms in total. The zero-order valence-corrected chi connectivity index (χ0v) is 9.76. The number of primary amides is 1. The number of aliphatic hydroxyl groups excluding tert-OH is 4. The number of amides is 2. The predicted octanol–water partition coefficient (Wildman–Crippen LogP) is -4.49. The Hall–Kier alpha value is -1.75. The second kappa shape index (κ2) is 7.63. The van der Waals surface area contributed by atoms with Crippen LogP contribution in [0.2, 0.25) is 0 Å². The SMILES string of the molecule is NC(=O)CCNC(=O)[C@@H](O)[C@H](O)[C@H](O)[C@@H](O)C(=O)O. The van der Waals surface area contributed by atoms with E-state index in [1.807, 2.05) is 5.32 Å². The summed E-state index contributed by atoms with van der Waals surface area (Å²) in [4.78, 5) is 32.0. The number of carboxylic acid groups (broad SMARTS) is 1. The Bertz CT molecular complexity index is 347. The summed E-state index contributed by atoms with van der Waals surface area (Å²) in [6, 6.07) is 0. The zero-order valence-electron chi connectivity index (χ0n) is 9.76. The summed E-state index contributed by atoms with van der Waals surface area (Å²) in [7, 11) is 0. The van der Waals surface area contributed by atoms with Gasteiger partial charge in [0.1, 0.15) is 12.2 Å². The van der Waals surface area contributed by atoms with Crippen LogP contribution in [0.1, 0.15) is 6.42 Å². The summed E-state index contributed by atoms with van der Waals surface area (Å²) in [5.74, 6) is -3.67. The Morgan fingerprint density at radius 2 is 1.47 bits per heavy atom. The molecule has 8 N–H and O–H groups in total. The third kappa shape index (κ3) is 5.61. The van der Waals surface area contributed by atoms with Crippen molar-refractivity contribution < 1.29 is 39.9 Å². The van der Waals surface area contributed by atoms with Crippen molar-refractivity contribution in [2.75, 3.05) is 6.54 Å². The smallest absolute Gasteiger partial charge is 0.335 e. The van der Waals surface area contributed by atoms with Crippen molar-refractivity contribution in [2.45, 2.75) is 30.8 Å². The minimum absolute atomic E-state index is 0.199. The van der Waals surface area contributed by atoms with Crippen LogP contribution >= 0.6 is 0 Å². The molecule has 0 aromatic carbocycles. The van der Waals surface area contributed by atoms with Gasteiger partial charge in [-0.3, -0.25) is 9.59 Å². The number of nitrogens with one attached hydrogen (secondary N) is 1. The molecule has 0 aliphatic rings. The van der Waals surface area contributed by atoms with Crippen molar-refractivity contribution in [3.8, 4) is 0 Å². The lowest BCUT2D eigenvalue weighted by Crippen LogP contribution is -2.52. The molecular formula is C9H16N2O8. The number of carbonyl (C=O) groups excluding carboxylic acids is 2. The van der Waals surface area contributed by atoms with Gasteiger partial charge in [-0.1, -0.05) is 0 Å². The number of aliphatic carboxylic acids is 1. The van der Waals surface area contributed by atoms with Gasteiger partial charge in [0.05, 0.1) is 0 Å². The third-order valence-corrected chi connectivity index (χ3v) is 2.19. The van der Waals surface area contributed by atoms with E-state index in [-0.39, 0.29) is 13.0 Å². The first-order chi connectivity index (χ1) is 8.68. The van der Waals surface area contributed by atoms with Gasteiger partial charge in [0, 0.05) is 13.0 Å². The molecule has 0 radical (unpaired) electrons. The van der Waals surface area contributed by atoms with Gasteiger partial charge >= 0.3 is 5.97 Å². The van der Waals surface area contributed by atoms with E-state index in [1.54, 1.807) is 0 Å². The quantitative estimate of drug-likeness (QED) is 0.231. The topological polar surface area (TPSA) is 190 Å². The number of nitrogens with two attached hydrogens (primary N) is 1. The van der Waals surface area contributed by atoms with Crippen LogP contribution in [0, 0.1) is 0 Å². The maximum absolute atomic E-state index is 11.2. The summed E-state index contributed by atoms with van der Waals surface area (Å²) < 4.78 is 0. The van der Waals surface area contributed by atoms with Crippen LogP contribution < -0.4 is 11.1 Å². The van der Waals surface area contributed by atoms with Crippen molar-refractivity contribution in [2.24, 2.45) is 5.73 Å². The maximum Gasteiger partial charge on any atom is 0.335 e. The van der Waals surface area contributed by atoms with Crippen molar-refractivity contribution in [3.63, 3.8) is 0 Å². The molecule has 0 fully saturated rings. The normalized spacial score (nSPS) is 17.1.